The van der Waals surface area contributed by atoms with E-state index < -0.39 is 29.2 Å². The zero-order valence-corrected chi connectivity index (χ0v) is 12.1. The summed E-state index contributed by atoms with van der Waals surface area (Å²) in [7, 11) is -2.23. The highest BCUT2D eigenvalue weighted by molar-refractivity contribution is 7.89. The number of nitrogens with one attached hydrogen (secondary N) is 2. The molecule has 9 heteroatoms. The first-order valence-electron chi connectivity index (χ1n) is 5.45. The fourth-order valence-corrected chi connectivity index (χ4v) is 4.38. The Morgan fingerprint density at radius 2 is 2.00 bits per heavy atom. The predicted octanol–water partition coefficient (Wildman–Crippen LogP) is 2.01. The molecule has 0 fully saturated rings. The van der Waals surface area contributed by atoms with Crippen molar-refractivity contribution in [2.75, 3.05) is 13.6 Å². The van der Waals surface area contributed by atoms with Crippen molar-refractivity contribution in [3.8, 4) is 0 Å². The predicted molar refractivity (Wildman–Crippen MR) is 67.7 cm³/mol. The molecule has 2 N–H and O–H groups in total. The molecule has 0 atom stereocenters. The lowest BCUT2D eigenvalue weighted by Crippen LogP contribution is -2.29. The number of hydrogen-bond donors (Lipinski definition) is 2. The van der Waals surface area contributed by atoms with Crippen molar-refractivity contribution in [1.29, 1.82) is 0 Å². The Kier molecular flexibility index (Phi) is 5.36. The van der Waals surface area contributed by atoms with Crippen LogP contribution in [-0.4, -0.2) is 28.2 Å². The van der Waals surface area contributed by atoms with E-state index in [1.165, 1.54) is 11.3 Å². The van der Waals surface area contributed by atoms with Crippen molar-refractivity contribution in [3.05, 3.63) is 15.8 Å². The van der Waals surface area contributed by atoms with Gasteiger partial charge in [0.2, 0.25) is 10.0 Å². The summed E-state index contributed by atoms with van der Waals surface area (Å²) in [5, 5.41) is 4.50. The normalized spacial score (nSPS) is 12.9. The van der Waals surface area contributed by atoms with Crippen molar-refractivity contribution in [1.82, 2.24) is 10.0 Å². The largest absolute Gasteiger partial charge is 0.390 e. The summed E-state index contributed by atoms with van der Waals surface area (Å²) >= 11 is 1.26. The van der Waals surface area contributed by atoms with Crippen LogP contribution in [0, 0.1) is 6.92 Å². The molecular weight excluding hydrogens is 301 g/mol. The number of rotatable bonds is 6. The second kappa shape index (κ2) is 6.21. The van der Waals surface area contributed by atoms with Crippen molar-refractivity contribution >= 4 is 21.4 Å². The van der Waals surface area contributed by atoms with Gasteiger partial charge in [-0.3, -0.25) is 0 Å². The second-order valence-corrected chi connectivity index (χ2v) is 6.63. The Bertz CT molecular complexity index is 523. The van der Waals surface area contributed by atoms with Gasteiger partial charge in [0.25, 0.3) is 0 Å². The summed E-state index contributed by atoms with van der Waals surface area (Å²) in [6.45, 7) is 1.32. The molecular formula is C10H15F3N2O2S2. The molecule has 1 aromatic rings. The topological polar surface area (TPSA) is 58.2 Å². The minimum Gasteiger partial charge on any atom is -0.315 e. The molecule has 1 rings (SSSR count). The van der Waals surface area contributed by atoms with Crippen LogP contribution >= 0.6 is 11.3 Å². The molecule has 0 aliphatic carbocycles. The van der Waals surface area contributed by atoms with Gasteiger partial charge >= 0.3 is 6.18 Å². The first kappa shape index (κ1) is 16.4. The molecule has 0 radical (unpaired) electrons. The van der Waals surface area contributed by atoms with Gasteiger partial charge in [0.05, 0.1) is 6.42 Å². The van der Waals surface area contributed by atoms with Gasteiger partial charge in [-0.2, -0.15) is 13.2 Å². The van der Waals surface area contributed by atoms with Gasteiger partial charge in [-0.1, -0.05) is 0 Å². The van der Waals surface area contributed by atoms with Crippen LogP contribution in [0.5, 0.6) is 0 Å². The third-order valence-electron chi connectivity index (χ3n) is 2.30. The monoisotopic (exact) mass is 316 g/mol. The summed E-state index contributed by atoms with van der Waals surface area (Å²) in [5.41, 5.74) is 0.537. The van der Waals surface area contributed by atoms with Gasteiger partial charge in [0.1, 0.15) is 4.90 Å². The number of alkyl halides is 3. The fourth-order valence-electron chi connectivity index (χ4n) is 1.53. The molecule has 0 unspecified atom stereocenters. The molecule has 0 aromatic carbocycles. The van der Waals surface area contributed by atoms with E-state index in [-0.39, 0.29) is 4.90 Å². The molecule has 0 spiro atoms. The van der Waals surface area contributed by atoms with E-state index >= 15 is 0 Å². The SMILES string of the molecule is CNCc1scc(C)c1S(=O)(=O)NCCC(F)(F)F. The maximum atomic E-state index is 12.0. The van der Waals surface area contributed by atoms with Gasteiger partial charge in [0, 0.05) is 18.0 Å². The van der Waals surface area contributed by atoms with E-state index in [4.69, 9.17) is 0 Å². The number of thiophene rings is 1. The van der Waals surface area contributed by atoms with Crippen molar-refractivity contribution in [2.24, 2.45) is 0 Å². The molecule has 4 nitrogen and oxygen atoms in total. The van der Waals surface area contributed by atoms with E-state index in [0.29, 0.717) is 17.0 Å². The Morgan fingerprint density at radius 1 is 1.37 bits per heavy atom. The number of halogens is 3. The van der Waals surface area contributed by atoms with Crippen LogP contribution in [0.4, 0.5) is 13.2 Å². The maximum absolute atomic E-state index is 12.0. The lowest BCUT2D eigenvalue weighted by molar-refractivity contribution is -0.132. The molecule has 19 heavy (non-hydrogen) atoms. The summed E-state index contributed by atoms with van der Waals surface area (Å²) in [4.78, 5) is 0.661. The standard InChI is InChI=1S/C10H15F3N2O2S2/c1-7-6-18-8(5-14-2)9(7)19(16,17)15-4-3-10(11,12)13/h6,14-15H,3-5H2,1-2H3. The molecule has 110 valence electrons. The zero-order valence-electron chi connectivity index (χ0n) is 10.5. The van der Waals surface area contributed by atoms with Crippen LogP contribution in [0.3, 0.4) is 0 Å². The molecule has 1 heterocycles. The van der Waals surface area contributed by atoms with Crippen LogP contribution in [0.2, 0.25) is 0 Å². The van der Waals surface area contributed by atoms with E-state index in [0.717, 1.165) is 0 Å². The third kappa shape index (κ3) is 4.75. The average Bonchev–Trinajstić information content (AvgIpc) is 2.58. The average molecular weight is 316 g/mol. The van der Waals surface area contributed by atoms with E-state index in [9.17, 15) is 21.6 Å². The van der Waals surface area contributed by atoms with Crippen molar-refractivity contribution < 1.29 is 21.6 Å². The van der Waals surface area contributed by atoms with E-state index in [2.05, 4.69) is 5.32 Å². The minimum absolute atomic E-state index is 0.0778. The molecule has 0 saturated carbocycles. The number of sulfonamides is 1. The Hall–Kier alpha value is -0.640. The highest BCUT2D eigenvalue weighted by Gasteiger charge is 2.29. The highest BCUT2D eigenvalue weighted by atomic mass is 32.2. The summed E-state index contributed by atoms with van der Waals surface area (Å²) < 4.78 is 62.0. The number of aryl methyl sites for hydroxylation is 1. The number of hydrogen-bond acceptors (Lipinski definition) is 4. The van der Waals surface area contributed by atoms with Crippen molar-refractivity contribution in [3.63, 3.8) is 0 Å². The van der Waals surface area contributed by atoms with Crippen molar-refractivity contribution in [2.45, 2.75) is 31.0 Å². The lowest BCUT2D eigenvalue weighted by Gasteiger charge is -2.10. The first-order chi connectivity index (χ1) is 8.67. The molecule has 0 amide bonds. The van der Waals surface area contributed by atoms with Gasteiger partial charge in [-0.15, -0.1) is 11.3 Å². The zero-order chi connectivity index (χ0) is 14.7. The second-order valence-electron chi connectivity index (χ2n) is 3.96. The van der Waals surface area contributed by atoms with Crippen LogP contribution in [0.15, 0.2) is 10.3 Å². The van der Waals surface area contributed by atoms with Gasteiger partial charge < -0.3 is 5.32 Å². The minimum atomic E-state index is -4.37. The fraction of sp³-hybridized carbons (Fsp3) is 0.600. The summed E-state index contributed by atoms with van der Waals surface area (Å²) in [6.07, 6.45) is -5.56. The van der Waals surface area contributed by atoms with Crippen LogP contribution in [-0.2, 0) is 16.6 Å². The summed E-state index contributed by atoms with van der Waals surface area (Å²) in [6, 6.07) is 0. The molecule has 1 aromatic heterocycles. The Labute approximate surface area is 114 Å². The molecule has 0 aliphatic rings. The van der Waals surface area contributed by atoms with Crippen LogP contribution in [0.25, 0.3) is 0 Å². The summed E-state index contributed by atoms with van der Waals surface area (Å²) in [5.74, 6) is 0. The van der Waals surface area contributed by atoms with Crippen LogP contribution < -0.4 is 10.0 Å². The highest BCUT2D eigenvalue weighted by Crippen LogP contribution is 2.27. The third-order valence-corrected chi connectivity index (χ3v) is 5.22. The van der Waals surface area contributed by atoms with Crippen LogP contribution in [0.1, 0.15) is 16.9 Å². The first-order valence-corrected chi connectivity index (χ1v) is 7.81. The quantitative estimate of drug-likeness (QED) is 0.844. The van der Waals surface area contributed by atoms with E-state index in [1.807, 2.05) is 4.72 Å². The van der Waals surface area contributed by atoms with Gasteiger partial charge in [0.15, 0.2) is 0 Å². The van der Waals surface area contributed by atoms with Gasteiger partial charge in [-0.05, 0) is 24.9 Å². The lowest BCUT2D eigenvalue weighted by atomic mass is 10.3. The Balaban J connectivity index is 2.85. The molecule has 0 bridgehead atoms. The molecule has 0 aliphatic heterocycles. The van der Waals surface area contributed by atoms with Gasteiger partial charge in [-0.25, -0.2) is 13.1 Å². The van der Waals surface area contributed by atoms with E-state index in [1.54, 1.807) is 19.4 Å². The maximum Gasteiger partial charge on any atom is 0.390 e. The smallest absolute Gasteiger partial charge is 0.315 e. The Morgan fingerprint density at radius 3 is 2.53 bits per heavy atom. The molecule has 0 saturated heterocycles.